The molecular weight excluding hydrogens is 424 g/mol. The molecule has 2 fully saturated rings. The molecule has 4 heterocycles. The van der Waals surface area contributed by atoms with Crippen molar-refractivity contribution in [2.45, 2.75) is 38.0 Å². The van der Waals surface area contributed by atoms with Crippen molar-refractivity contribution in [2.75, 3.05) is 42.9 Å². The van der Waals surface area contributed by atoms with Gasteiger partial charge in [-0.1, -0.05) is 43.2 Å². The van der Waals surface area contributed by atoms with Gasteiger partial charge in [0.1, 0.15) is 5.52 Å². The third kappa shape index (κ3) is 4.03. The first kappa shape index (κ1) is 21.2. The van der Waals surface area contributed by atoms with Gasteiger partial charge in [-0.25, -0.2) is 4.52 Å². The van der Waals surface area contributed by atoms with Gasteiger partial charge in [-0.2, -0.15) is 10.1 Å². The number of hydrogen-bond acceptors (Lipinski definition) is 6. The van der Waals surface area contributed by atoms with Crippen LogP contribution >= 0.6 is 0 Å². The maximum atomic E-state index is 4.90. The molecule has 6 rings (SSSR count). The molecule has 0 bridgehead atoms. The number of piperazine rings is 1. The van der Waals surface area contributed by atoms with Crippen LogP contribution in [-0.4, -0.2) is 62.4 Å². The molecule has 1 saturated heterocycles. The second-order valence-electron chi connectivity index (χ2n) is 9.78. The predicted molar refractivity (Wildman–Crippen MR) is 135 cm³/mol. The van der Waals surface area contributed by atoms with Gasteiger partial charge in [0.2, 0.25) is 5.95 Å². The van der Waals surface area contributed by atoms with Gasteiger partial charge in [0.15, 0.2) is 11.6 Å². The summed E-state index contributed by atoms with van der Waals surface area (Å²) < 4.78 is 1.90. The highest BCUT2D eigenvalue weighted by Crippen LogP contribution is 2.42. The van der Waals surface area contributed by atoms with E-state index in [1.165, 1.54) is 31.2 Å². The molecule has 1 aromatic carbocycles. The van der Waals surface area contributed by atoms with Crippen molar-refractivity contribution >= 4 is 23.1 Å². The number of H-pyrrole nitrogens is 1. The zero-order valence-electron chi connectivity index (χ0n) is 19.7. The standard InChI is InChI=1S/C26H32N8/c1-20-18-23(30-29-20)27-24-22-10-7-13-34(22)31-25(28-24)33-16-14-32(15-17-33)19-26(11-5-6-12-26)21-8-3-2-4-9-21/h2-4,7-10,13,18H,5-6,11-12,14-17,19H2,1H3,(H2,27,28,29,30,31). The van der Waals surface area contributed by atoms with E-state index in [2.05, 4.69) is 55.6 Å². The van der Waals surface area contributed by atoms with Crippen LogP contribution in [0.2, 0.25) is 0 Å². The van der Waals surface area contributed by atoms with E-state index in [1.54, 1.807) is 0 Å². The Labute approximate surface area is 200 Å². The summed E-state index contributed by atoms with van der Waals surface area (Å²) in [5, 5.41) is 15.5. The Morgan fingerprint density at radius 2 is 1.79 bits per heavy atom. The summed E-state index contributed by atoms with van der Waals surface area (Å²) in [7, 11) is 0. The van der Waals surface area contributed by atoms with Crippen molar-refractivity contribution in [1.29, 1.82) is 0 Å². The number of nitrogens with zero attached hydrogens (tertiary/aromatic N) is 6. The second-order valence-corrected chi connectivity index (χ2v) is 9.78. The Kier molecular flexibility index (Phi) is 5.45. The summed E-state index contributed by atoms with van der Waals surface area (Å²) >= 11 is 0. The quantitative estimate of drug-likeness (QED) is 0.454. The lowest BCUT2D eigenvalue weighted by Crippen LogP contribution is -2.51. The number of hydrogen-bond donors (Lipinski definition) is 2. The molecule has 0 unspecified atom stereocenters. The van der Waals surface area contributed by atoms with E-state index in [9.17, 15) is 0 Å². The van der Waals surface area contributed by atoms with E-state index >= 15 is 0 Å². The molecule has 34 heavy (non-hydrogen) atoms. The van der Waals surface area contributed by atoms with Crippen LogP contribution in [0.1, 0.15) is 36.9 Å². The summed E-state index contributed by atoms with van der Waals surface area (Å²) in [5.74, 6) is 2.30. The lowest BCUT2D eigenvalue weighted by atomic mass is 9.78. The Morgan fingerprint density at radius 1 is 1.00 bits per heavy atom. The molecule has 0 atom stereocenters. The molecule has 8 nitrogen and oxygen atoms in total. The molecule has 1 aliphatic carbocycles. The minimum absolute atomic E-state index is 0.308. The highest BCUT2D eigenvalue weighted by atomic mass is 15.4. The molecule has 1 aliphatic heterocycles. The Hall–Kier alpha value is -3.39. The number of aryl methyl sites for hydroxylation is 1. The van der Waals surface area contributed by atoms with Crippen LogP contribution in [0, 0.1) is 6.92 Å². The first-order chi connectivity index (χ1) is 16.7. The average molecular weight is 457 g/mol. The molecule has 2 N–H and O–H groups in total. The fourth-order valence-corrected chi connectivity index (χ4v) is 5.67. The topological polar surface area (TPSA) is 77.4 Å². The maximum absolute atomic E-state index is 4.90. The molecule has 176 valence electrons. The zero-order valence-corrected chi connectivity index (χ0v) is 19.7. The second kappa shape index (κ2) is 8.76. The summed E-state index contributed by atoms with van der Waals surface area (Å²) in [6.07, 6.45) is 7.25. The van der Waals surface area contributed by atoms with Crippen molar-refractivity contribution in [1.82, 2.24) is 29.7 Å². The zero-order chi connectivity index (χ0) is 23.0. The van der Waals surface area contributed by atoms with Crippen LogP contribution in [0.5, 0.6) is 0 Å². The molecule has 3 aromatic heterocycles. The van der Waals surface area contributed by atoms with E-state index in [-0.39, 0.29) is 0 Å². The molecule has 0 radical (unpaired) electrons. The Bertz CT molecular complexity index is 1250. The van der Waals surface area contributed by atoms with Crippen LogP contribution in [0.3, 0.4) is 0 Å². The van der Waals surface area contributed by atoms with Gasteiger partial charge in [-0.05, 0) is 37.5 Å². The smallest absolute Gasteiger partial charge is 0.245 e. The van der Waals surface area contributed by atoms with Crippen molar-refractivity contribution < 1.29 is 0 Å². The largest absolute Gasteiger partial charge is 0.337 e. The third-order valence-corrected chi connectivity index (χ3v) is 7.46. The molecule has 2 aliphatic rings. The minimum Gasteiger partial charge on any atom is -0.337 e. The Morgan fingerprint density at radius 3 is 2.53 bits per heavy atom. The molecule has 4 aromatic rings. The number of anilines is 3. The lowest BCUT2D eigenvalue weighted by molar-refractivity contribution is 0.195. The highest BCUT2D eigenvalue weighted by molar-refractivity contribution is 5.73. The first-order valence-corrected chi connectivity index (χ1v) is 12.4. The van der Waals surface area contributed by atoms with E-state index < -0.39 is 0 Å². The maximum Gasteiger partial charge on any atom is 0.245 e. The van der Waals surface area contributed by atoms with Gasteiger partial charge < -0.3 is 10.2 Å². The summed E-state index contributed by atoms with van der Waals surface area (Å²) in [6, 6.07) is 17.2. The molecule has 0 spiro atoms. The monoisotopic (exact) mass is 456 g/mol. The fraction of sp³-hybridized carbons (Fsp3) is 0.423. The molecular formula is C26H32N8. The van der Waals surface area contributed by atoms with Gasteiger partial charge in [-0.15, -0.1) is 5.10 Å². The molecule has 0 amide bonds. The van der Waals surface area contributed by atoms with Crippen molar-refractivity contribution in [3.8, 4) is 0 Å². The van der Waals surface area contributed by atoms with Gasteiger partial charge in [-0.3, -0.25) is 10.00 Å². The normalized spacial score (nSPS) is 18.6. The van der Waals surface area contributed by atoms with E-state index in [4.69, 9.17) is 10.1 Å². The van der Waals surface area contributed by atoms with Gasteiger partial charge in [0.05, 0.1) is 0 Å². The number of rotatable bonds is 6. The summed E-state index contributed by atoms with van der Waals surface area (Å²) in [6.45, 7) is 7.06. The van der Waals surface area contributed by atoms with Crippen LogP contribution in [0.15, 0.2) is 54.7 Å². The SMILES string of the molecule is Cc1cc(Nc2nc(N3CCN(CC4(c5ccccc5)CCCC4)CC3)nn3cccc23)n[nH]1. The van der Waals surface area contributed by atoms with Gasteiger partial charge in [0, 0.05) is 56.1 Å². The van der Waals surface area contributed by atoms with Crippen LogP contribution in [0.4, 0.5) is 17.6 Å². The highest BCUT2D eigenvalue weighted by Gasteiger charge is 2.37. The predicted octanol–water partition coefficient (Wildman–Crippen LogP) is 4.14. The minimum atomic E-state index is 0.308. The molecule has 1 saturated carbocycles. The van der Waals surface area contributed by atoms with E-state index in [0.29, 0.717) is 5.41 Å². The van der Waals surface area contributed by atoms with Gasteiger partial charge >= 0.3 is 0 Å². The van der Waals surface area contributed by atoms with Crippen molar-refractivity contribution in [2.24, 2.45) is 0 Å². The number of aromatic nitrogens is 5. The third-order valence-electron chi connectivity index (χ3n) is 7.46. The van der Waals surface area contributed by atoms with Crippen molar-refractivity contribution in [3.63, 3.8) is 0 Å². The van der Waals surface area contributed by atoms with Crippen molar-refractivity contribution in [3.05, 3.63) is 66.0 Å². The van der Waals surface area contributed by atoms with Crippen LogP contribution < -0.4 is 10.2 Å². The van der Waals surface area contributed by atoms with Crippen LogP contribution in [0.25, 0.3) is 5.52 Å². The molecule has 8 heteroatoms. The average Bonchev–Trinajstić information content (AvgIpc) is 3.62. The summed E-state index contributed by atoms with van der Waals surface area (Å²) in [5.41, 5.74) is 3.77. The van der Waals surface area contributed by atoms with E-state index in [1.807, 2.05) is 35.8 Å². The number of aromatic amines is 1. The first-order valence-electron chi connectivity index (χ1n) is 12.4. The summed E-state index contributed by atoms with van der Waals surface area (Å²) in [4.78, 5) is 9.86. The Balaban J connectivity index is 1.18. The number of fused-ring (bicyclic) bond motifs is 1. The van der Waals surface area contributed by atoms with E-state index in [0.717, 1.165) is 61.5 Å². The number of benzene rings is 1. The van der Waals surface area contributed by atoms with Crippen LogP contribution in [-0.2, 0) is 5.41 Å². The number of nitrogens with one attached hydrogen (secondary N) is 2. The fourth-order valence-electron chi connectivity index (χ4n) is 5.67. The lowest BCUT2D eigenvalue weighted by Gasteiger charge is -2.40. The van der Waals surface area contributed by atoms with Gasteiger partial charge in [0.25, 0.3) is 0 Å².